The van der Waals surface area contributed by atoms with Gasteiger partial charge in [-0.3, -0.25) is 14.3 Å². The summed E-state index contributed by atoms with van der Waals surface area (Å²) in [6.45, 7) is 1.58. The summed E-state index contributed by atoms with van der Waals surface area (Å²) < 4.78 is 28.7. The summed E-state index contributed by atoms with van der Waals surface area (Å²) in [4.78, 5) is 27.9. The van der Waals surface area contributed by atoms with E-state index in [1.807, 2.05) is 0 Å². The Kier molecular flexibility index (Phi) is 5.34. The average Bonchev–Trinajstić information content (AvgIpc) is 2.79. The maximum atomic E-state index is 13.1. The van der Waals surface area contributed by atoms with Crippen molar-refractivity contribution in [3.8, 4) is 29.5 Å². The highest BCUT2D eigenvalue weighted by Crippen LogP contribution is 2.28. The van der Waals surface area contributed by atoms with Gasteiger partial charge in [0.2, 0.25) is 0 Å². The van der Waals surface area contributed by atoms with Gasteiger partial charge in [0.05, 0.1) is 33.2 Å². The molecule has 0 unspecified atom stereocenters. The number of H-pyrrole nitrogens is 2. The number of fused-ring (bicyclic) bond motifs is 1. The van der Waals surface area contributed by atoms with Crippen molar-refractivity contribution in [2.24, 2.45) is 0 Å². The molecule has 8 nitrogen and oxygen atoms in total. The highest BCUT2D eigenvalue weighted by atomic mass is 32.2. The van der Waals surface area contributed by atoms with E-state index in [0.717, 1.165) is 5.56 Å². The van der Waals surface area contributed by atoms with Crippen molar-refractivity contribution in [3.05, 3.63) is 92.0 Å². The van der Waals surface area contributed by atoms with Gasteiger partial charge < -0.3 is 9.97 Å². The minimum Gasteiger partial charge on any atom is -0.316 e. The third kappa shape index (κ3) is 4.13. The smallest absolute Gasteiger partial charge is 0.314 e. The Morgan fingerprint density at radius 2 is 1.58 bits per heavy atom. The van der Waals surface area contributed by atoms with Crippen LogP contribution in [0, 0.1) is 30.6 Å². The lowest BCUT2D eigenvalue weighted by Gasteiger charge is -2.13. The number of nitriles is 1. The minimum absolute atomic E-state index is 0.0591. The topological polar surface area (TPSA) is 136 Å². The summed E-state index contributed by atoms with van der Waals surface area (Å²) in [7, 11) is -4.04. The molecule has 33 heavy (non-hydrogen) atoms. The highest BCUT2D eigenvalue weighted by molar-refractivity contribution is 7.92. The average molecular weight is 456 g/mol. The standard InChI is InChI=1S/C24H16N4O4S/c1-3-16-11-18(8-9-19(16)17-6-4-15(13-25)5-7-17)28-33(31,32)22-12-21-20(10-14(22)2)26-23(29)24(30)27-21/h1,4-12,28H,2H3,(H,26,29)(H,27,30). The van der Waals surface area contributed by atoms with Crippen LogP contribution in [0.2, 0.25) is 0 Å². The van der Waals surface area contributed by atoms with Crippen LogP contribution in [-0.4, -0.2) is 18.4 Å². The van der Waals surface area contributed by atoms with Crippen LogP contribution in [0.3, 0.4) is 0 Å². The van der Waals surface area contributed by atoms with Crippen molar-refractivity contribution in [1.29, 1.82) is 5.26 Å². The quantitative estimate of drug-likeness (QED) is 0.320. The largest absolute Gasteiger partial charge is 0.316 e. The maximum absolute atomic E-state index is 13.1. The van der Waals surface area contributed by atoms with Crippen LogP contribution in [0.15, 0.2) is 69.1 Å². The normalized spacial score (nSPS) is 11.0. The second-order valence-electron chi connectivity index (χ2n) is 7.27. The molecular weight excluding hydrogens is 440 g/mol. The molecule has 0 aliphatic rings. The number of aryl methyl sites for hydroxylation is 1. The van der Waals surface area contributed by atoms with Crippen LogP contribution < -0.4 is 15.8 Å². The van der Waals surface area contributed by atoms with Gasteiger partial charge in [0.15, 0.2) is 0 Å². The Morgan fingerprint density at radius 1 is 0.939 bits per heavy atom. The van der Waals surface area contributed by atoms with E-state index in [2.05, 4.69) is 26.7 Å². The lowest BCUT2D eigenvalue weighted by Crippen LogP contribution is -2.29. The van der Waals surface area contributed by atoms with E-state index in [1.165, 1.54) is 12.1 Å². The highest BCUT2D eigenvalue weighted by Gasteiger charge is 2.19. The molecule has 0 saturated carbocycles. The van der Waals surface area contributed by atoms with Gasteiger partial charge in [-0.05, 0) is 60.0 Å². The first-order chi connectivity index (χ1) is 15.7. The molecule has 4 aromatic rings. The van der Waals surface area contributed by atoms with Gasteiger partial charge in [-0.15, -0.1) is 6.42 Å². The van der Waals surface area contributed by atoms with Crippen molar-refractivity contribution in [2.45, 2.75) is 11.8 Å². The Balaban J connectivity index is 1.72. The molecular formula is C24H16N4O4S. The molecule has 0 aliphatic carbocycles. The summed E-state index contributed by atoms with van der Waals surface area (Å²) in [6, 6.07) is 16.5. The zero-order valence-electron chi connectivity index (χ0n) is 17.3. The molecule has 0 amide bonds. The van der Waals surface area contributed by atoms with E-state index in [9.17, 15) is 18.0 Å². The molecule has 0 saturated heterocycles. The molecule has 0 fully saturated rings. The van der Waals surface area contributed by atoms with Crippen molar-refractivity contribution in [1.82, 2.24) is 9.97 Å². The number of aromatic nitrogens is 2. The van der Waals surface area contributed by atoms with E-state index in [0.29, 0.717) is 27.8 Å². The molecule has 1 heterocycles. The third-order valence-electron chi connectivity index (χ3n) is 5.06. The number of terminal acetylenes is 1. The number of sulfonamides is 1. The minimum atomic E-state index is -4.04. The Bertz CT molecular complexity index is 1720. The summed E-state index contributed by atoms with van der Waals surface area (Å²) in [5, 5.41) is 8.96. The van der Waals surface area contributed by atoms with E-state index in [1.54, 1.807) is 49.4 Å². The van der Waals surface area contributed by atoms with Crippen molar-refractivity contribution in [3.63, 3.8) is 0 Å². The van der Waals surface area contributed by atoms with Gasteiger partial charge in [-0.25, -0.2) is 8.42 Å². The molecule has 0 atom stereocenters. The summed E-state index contributed by atoms with van der Waals surface area (Å²) in [6.07, 6.45) is 5.66. The zero-order chi connectivity index (χ0) is 23.8. The van der Waals surface area contributed by atoms with Crippen molar-refractivity contribution in [2.75, 3.05) is 4.72 Å². The number of anilines is 1. The molecule has 1 aromatic heterocycles. The molecule has 0 radical (unpaired) electrons. The number of hydrogen-bond acceptors (Lipinski definition) is 5. The molecule has 0 aliphatic heterocycles. The van der Waals surface area contributed by atoms with Crippen LogP contribution >= 0.6 is 0 Å². The number of aromatic amines is 2. The second kappa shape index (κ2) is 8.15. The van der Waals surface area contributed by atoms with Gasteiger partial charge >= 0.3 is 11.1 Å². The van der Waals surface area contributed by atoms with E-state index >= 15 is 0 Å². The summed E-state index contributed by atoms with van der Waals surface area (Å²) in [5.41, 5.74) is 1.94. The molecule has 9 heteroatoms. The predicted octanol–water partition coefficient (Wildman–Crippen LogP) is 2.85. The van der Waals surface area contributed by atoms with Gasteiger partial charge in [0, 0.05) is 5.56 Å². The first-order valence-electron chi connectivity index (χ1n) is 9.63. The van der Waals surface area contributed by atoms with Gasteiger partial charge in [0.25, 0.3) is 10.0 Å². The molecule has 0 spiro atoms. The summed E-state index contributed by atoms with van der Waals surface area (Å²) >= 11 is 0. The van der Waals surface area contributed by atoms with E-state index < -0.39 is 21.1 Å². The van der Waals surface area contributed by atoms with E-state index in [4.69, 9.17) is 11.7 Å². The molecule has 162 valence electrons. The Labute approximate surface area is 188 Å². The van der Waals surface area contributed by atoms with Gasteiger partial charge in [0.1, 0.15) is 0 Å². The molecule has 3 N–H and O–H groups in total. The fourth-order valence-electron chi connectivity index (χ4n) is 3.46. The number of nitrogens with zero attached hydrogens (tertiary/aromatic N) is 1. The van der Waals surface area contributed by atoms with E-state index in [-0.39, 0.29) is 16.1 Å². The summed E-state index contributed by atoms with van der Waals surface area (Å²) in [5.74, 6) is 2.56. The van der Waals surface area contributed by atoms with Crippen LogP contribution in [-0.2, 0) is 10.0 Å². The van der Waals surface area contributed by atoms with Crippen molar-refractivity contribution >= 4 is 26.7 Å². The number of hydrogen-bond donors (Lipinski definition) is 3. The third-order valence-corrected chi connectivity index (χ3v) is 6.58. The molecule has 0 bridgehead atoms. The zero-order valence-corrected chi connectivity index (χ0v) is 18.1. The van der Waals surface area contributed by atoms with Gasteiger partial charge in [-0.1, -0.05) is 24.1 Å². The van der Waals surface area contributed by atoms with Crippen LogP contribution in [0.4, 0.5) is 5.69 Å². The van der Waals surface area contributed by atoms with Crippen molar-refractivity contribution < 1.29 is 8.42 Å². The lowest BCUT2D eigenvalue weighted by molar-refractivity contribution is 0.600. The Morgan fingerprint density at radius 3 is 2.18 bits per heavy atom. The fraction of sp³-hybridized carbons (Fsp3) is 0.0417. The second-order valence-corrected chi connectivity index (χ2v) is 8.92. The van der Waals surface area contributed by atoms with Crippen LogP contribution in [0.5, 0.6) is 0 Å². The number of rotatable bonds is 4. The van der Waals surface area contributed by atoms with Gasteiger partial charge in [-0.2, -0.15) is 5.26 Å². The molecule has 3 aromatic carbocycles. The number of nitrogens with one attached hydrogen (secondary N) is 3. The fourth-order valence-corrected chi connectivity index (χ4v) is 4.76. The lowest BCUT2D eigenvalue weighted by atomic mass is 9.98. The van der Waals surface area contributed by atoms with Crippen LogP contribution in [0.25, 0.3) is 22.2 Å². The monoisotopic (exact) mass is 456 g/mol. The maximum Gasteiger partial charge on any atom is 0.314 e. The number of benzene rings is 3. The Hall–Kier alpha value is -4.60. The predicted molar refractivity (Wildman–Crippen MR) is 125 cm³/mol. The first kappa shape index (κ1) is 21.6. The van der Waals surface area contributed by atoms with Crippen LogP contribution in [0.1, 0.15) is 16.7 Å². The first-order valence-corrected chi connectivity index (χ1v) is 11.1. The molecule has 4 rings (SSSR count). The SMILES string of the molecule is C#Cc1cc(NS(=O)(=O)c2cc3[nH]c(=O)c(=O)[nH]c3cc2C)ccc1-c1ccc(C#N)cc1.